The molecule has 0 saturated carbocycles. The lowest BCUT2D eigenvalue weighted by molar-refractivity contribution is 0.0942. The van der Waals surface area contributed by atoms with Crippen LogP contribution in [0.1, 0.15) is 41.9 Å². The van der Waals surface area contributed by atoms with Gasteiger partial charge >= 0.3 is 0 Å². The van der Waals surface area contributed by atoms with Gasteiger partial charge in [0.15, 0.2) is 0 Å². The SMILES string of the molecule is CCC(N)(CC)CNC(=O)c1sc2cccc(F)c2c1COC.Cl. The number of ether oxygens (including phenoxy) is 1. The molecule has 24 heavy (non-hydrogen) atoms. The molecule has 0 saturated heterocycles. The van der Waals surface area contributed by atoms with Crippen LogP contribution in [0, 0.1) is 5.82 Å². The van der Waals surface area contributed by atoms with Gasteiger partial charge in [0.2, 0.25) is 0 Å². The lowest BCUT2D eigenvalue weighted by Crippen LogP contribution is -2.49. The largest absolute Gasteiger partial charge is 0.380 e. The van der Waals surface area contributed by atoms with Gasteiger partial charge < -0.3 is 15.8 Å². The van der Waals surface area contributed by atoms with Gasteiger partial charge in [-0.3, -0.25) is 4.79 Å². The maximum absolute atomic E-state index is 14.1. The van der Waals surface area contributed by atoms with Crippen molar-refractivity contribution in [2.45, 2.75) is 38.8 Å². The number of benzene rings is 1. The Balaban J connectivity index is 0.00000288. The van der Waals surface area contributed by atoms with E-state index in [0.29, 0.717) is 22.4 Å². The normalized spacial score (nSPS) is 11.4. The minimum Gasteiger partial charge on any atom is -0.380 e. The van der Waals surface area contributed by atoms with Crippen molar-refractivity contribution in [2.24, 2.45) is 5.73 Å². The molecule has 0 atom stereocenters. The van der Waals surface area contributed by atoms with Crippen molar-refractivity contribution in [1.29, 1.82) is 0 Å². The third kappa shape index (κ3) is 4.25. The average Bonchev–Trinajstić information content (AvgIpc) is 2.93. The van der Waals surface area contributed by atoms with Crippen molar-refractivity contribution >= 4 is 39.7 Å². The molecule has 0 spiro atoms. The maximum atomic E-state index is 14.1. The van der Waals surface area contributed by atoms with Gasteiger partial charge in [-0.1, -0.05) is 19.9 Å². The fourth-order valence-electron chi connectivity index (χ4n) is 2.47. The van der Waals surface area contributed by atoms with Crippen LogP contribution in [-0.4, -0.2) is 25.1 Å². The van der Waals surface area contributed by atoms with Crippen LogP contribution in [-0.2, 0) is 11.3 Å². The molecule has 1 heterocycles. The molecule has 2 rings (SSSR count). The summed E-state index contributed by atoms with van der Waals surface area (Å²) in [4.78, 5) is 13.1. The Labute approximate surface area is 152 Å². The van der Waals surface area contributed by atoms with Crippen LogP contribution in [0.25, 0.3) is 10.1 Å². The molecule has 0 radical (unpaired) electrons. The van der Waals surface area contributed by atoms with Gasteiger partial charge in [0.1, 0.15) is 5.82 Å². The lowest BCUT2D eigenvalue weighted by atomic mass is 9.94. The van der Waals surface area contributed by atoms with Crippen molar-refractivity contribution in [3.05, 3.63) is 34.5 Å². The molecular formula is C17H24ClFN2O2S. The van der Waals surface area contributed by atoms with Crippen molar-refractivity contribution in [1.82, 2.24) is 5.32 Å². The highest BCUT2D eigenvalue weighted by Gasteiger charge is 2.24. The average molecular weight is 375 g/mol. The van der Waals surface area contributed by atoms with Crippen molar-refractivity contribution in [2.75, 3.05) is 13.7 Å². The van der Waals surface area contributed by atoms with Crippen LogP contribution < -0.4 is 11.1 Å². The van der Waals surface area contributed by atoms with Gasteiger partial charge in [-0.15, -0.1) is 23.7 Å². The standard InChI is InChI=1S/C17H23FN2O2S.ClH/c1-4-17(19,5-2)10-20-16(21)15-11(9-22-3)14-12(18)7-6-8-13(14)23-15;/h6-8H,4-5,9-10,19H2,1-3H3,(H,20,21);1H. The predicted octanol–water partition coefficient (Wildman–Crippen LogP) is 3.86. The maximum Gasteiger partial charge on any atom is 0.261 e. The first-order valence-corrected chi connectivity index (χ1v) is 8.53. The summed E-state index contributed by atoms with van der Waals surface area (Å²) in [6.07, 6.45) is 1.55. The molecule has 134 valence electrons. The zero-order valence-corrected chi connectivity index (χ0v) is 15.8. The number of fused-ring (bicyclic) bond motifs is 1. The first-order chi connectivity index (χ1) is 11.0. The first kappa shape index (κ1) is 20.8. The molecule has 0 fully saturated rings. The number of hydrogen-bond donors (Lipinski definition) is 2. The molecular weight excluding hydrogens is 351 g/mol. The number of carbonyl (C=O) groups excluding carboxylic acids is 1. The number of methoxy groups -OCH3 is 1. The Bertz CT molecular complexity index is 701. The fourth-order valence-corrected chi connectivity index (χ4v) is 3.61. The Morgan fingerprint density at radius 3 is 2.62 bits per heavy atom. The number of amides is 1. The van der Waals surface area contributed by atoms with Crippen LogP contribution in [0.4, 0.5) is 4.39 Å². The van der Waals surface area contributed by atoms with Crippen molar-refractivity contribution in [3.8, 4) is 0 Å². The number of rotatable bonds is 7. The highest BCUT2D eigenvalue weighted by molar-refractivity contribution is 7.21. The molecule has 0 unspecified atom stereocenters. The summed E-state index contributed by atoms with van der Waals surface area (Å²) in [5.74, 6) is -0.561. The number of nitrogens with one attached hydrogen (secondary N) is 1. The van der Waals surface area contributed by atoms with E-state index in [1.807, 2.05) is 19.9 Å². The first-order valence-electron chi connectivity index (χ1n) is 7.71. The molecule has 1 aromatic carbocycles. The highest BCUT2D eigenvalue weighted by Crippen LogP contribution is 2.33. The molecule has 1 amide bonds. The van der Waals surface area contributed by atoms with Gasteiger partial charge in [-0.05, 0) is 25.0 Å². The van der Waals surface area contributed by atoms with Crippen LogP contribution in [0.5, 0.6) is 0 Å². The zero-order chi connectivity index (χ0) is 17.0. The number of hydrogen-bond acceptors (Lipinski definition) is 4. The minimum absolute atomic E-state index is 0. The third-order valence-electron chi connectivity index (χ3n) is 4.27. The van der Waals surface area contributed by atoms with E-state index in [-0.39, 0.29) is 30.7 Å². The summed E-state index contributed by atoms with van der Waals surface area (Å²) in [5, 5.41) is 3.36. The van der Waals surface area contributed by atoms with E-state index in [0.717, 1.165) is 17.5 Å². The second-order valence-electron chi connectivity index (χ2n) is 5.71. The zero-order valence-electron chi connectivity index (χ0n) is 14.1. The molecule has 0 aliphatic carbocycles. The second-order valence-corrected chi connectivity index (χ2v) is 6.76. The van der Waals surface area contributed by atoms with Crippen LogP contribution >= 0.6 is 23.7 Å². The monoisotopic (exact) mass is 374 g/mol. The van der Waals surface area contributed by atoms with E-state index >= 15 is 0 Å². The highest BCUT2D eigenvalue weighted by atomic mass is 35.5. The molecule has 0 aliphatic rings. The summed E-state index contributed by atoms with van der Waals surface area (Å²) in [5.41, 5.74) is 6.40. The molecule has 4 nitrogen and oxygen atoms in total. The van der Waals surface area contributed by atoms with E-state index in [2.05, 4.69) is 5.32 Å². The van der Waals surface area contributed by atoms with E-state index in [4.69, 9.17) is 10.5 Å². The Morgan fingerprint density at radius 2 is 2.04 bits per heavy atom. The van der Waals surface area contributed by atoms with E-state index in [1.54, 1.807) is 6.07 Å². The topological polar surface area (TPSA) is 64.3 Å². The molecule has 0 bridgehead atoms. The number of carbonyl (C=O) groups is 1. The fraction of sp³-hybridized carbons (Fsp3) is 0.471. The van der Waals surface area contributed by atoms with Gasteiger partial charge in [0.05, 0.1) is 11.5 Å². The van der Waals surface area contributed by atoms with Crippen LogP contribution in [0.2, 0.25) is 0 Å². The number of nitrogens with two attached hydrogens (primary N) is 1. The summed E-state index contributed by atoms with van der Waals surface area (Å²) in [7, 11) is 1.53. The third-order valence-corrected chi connectivity index (χ3v) is 5.46. The van der Waals surface area contributed by atoms with Crippen molar-refractivity contribution in [3.63, 3.8) is 0 Å². The molecule has 3 N–H and O–H groups in total. The van der Waals surface area contributed by atoms with Crippen molar-refractivity contribution < 1.29 is 13.9 Å². The van der Waals surface area contributed by atoms with Crippen LogP contribution in [0.15, 0.2) is 18.2 Å². The molecule has 2 aromatic rings. The molecule has 0 aliphatic heterocycles. The lowest BCUT2D eigenvalue weighted by Gasteiger charge is -2.26. The van der Waals surface area contributed by atoms with Gasteiger partial charge in [0, 0.05) is 34.8 Å². The molecule has 1 aromatic heterocycles. The van der Waals surface area contributed by atoms with E-state index in [9.17, 15) is 9.18 Å². The second kappa shape index (κ2) is 8.76. The summed E-state index contributed by atoms with van der Waals surface area (Å²) >= 11 is 1.28. The van der Waals surface area contributed by atoms with Gasteiger partial charge in [-0.25, -0.2) is 4.39 Å². The van der Waals surface area contributed by atoms with Gasteiger partial charge in [0.25, 0.3) is 5.91 Å². The van der Waals surface area contributed by atoms with E-state index < -0.39 is 5.54 Å². The molecule has 7 heteroatoms. The smallest absolute Gasteiger partial charge is 0.261 e. The summed E-state index contributed by atoms with van der Waals surface area (Å²) < 4.78 is 20.0. The number of thiophene rings is 1. The number of halogens is 2. The predicted molar refractivity (Wildman–Crippen MR) is 99.6 cm³/mol. The Morgan fingerprint density at radius 1 is 1.38 bits per heavy atom. The summed E-state index contributed by atoms with van der Waals surface area (Å²) in [6.45, 7) is 4.59. The van der Waals surface area contributed by atoms with Gasteiger partial charge in [-0.2, -0.15) is 0 Å². The van der Waals surface area contributed by atoms with E-state index in [1.165, 1.54) is 24.5 Å². The quantitative estimate of drug-likeness (QED) is 0.773. The minimum atomic E-state index is -0.418. The Hall–Kier alpha value is -1.21. The Kier molecular flexibility index (Phi) is 7.60. The van der Waals surface area contributed by atoms with Crippen LogP contribution in [0.3, 0.4) is 0 Å². The summed E-state index contributed by atoms with van der Waals surface area (Å²) in [6, 6.07) is 4.85.